The van der Waals surface area contributed by atoms with E-state index in [1.54, 1.807) is 0 Å². The number of hydrogen-bond donors (Lipinski definition) is 1. The van der Waals surface area contributed by atoms with E-state index in [9.17, 15) is 13.9 Å². The van der Waals surface area contributed by atoms with E-state index in [2.05, 4.69) is 4.90 Å². The van der Waals surface area contributed by atoms with Gasteiger partial charge in [0.2, 0.25) is 0 Å². The third-order valence-electron chi connectivity index (χ3n) is 4.83. The van der Waals surface area contributed by atoms with E-state index in [0.717, 1.165) is 37.6 Å². The molecule has 1 aliphatic heterocycles. The van der Waals surface area contributed by atoms with Crippen LogP contribution in [0.1, 0.15) is 32.1 Å². The average Bonchev–Trinajstić information content (AvgIpc) is 2.76. The summed E-state index contributed by atoms with van der Waals surface area (Å²) in [5, 5.41) is 10.9. The monoisotopic (exact) mass is 341 g/mol. The lowest BCUT2D eigenvalue weighted by atomic mass is 9.93. The molecule has 0 aromatic heterocycles. The molecule has 0 amide bonds. The standard InChI is InChI=1S/C18H25F2NO3/c19-14-8-15(20)10-17(9-14)24-13-18(22)11-21(6-7-23-12-18)16-4-2-1-3-5-16/h8-10,16,22H,1-7,11-13H2/t18-/m0/s1. The summed E-state index contributed by atoms with van der Waals surface area (Å²) >= 11 is 0. The highest BCUT2D eigenvalue weighted by Crippen LogP contribution is 2.26. The van der Waals surface area contributed by atoms with Gasteiger partial charge >= 0.3 is 0 Å². The fourth-order valence-corrected chi connectivity index (χ4v) is 3.62. The first-order chi connectivity index (χ1) is 11.5. The number of rotatable bonds is 4. The first kappa shape index (κ1) is 17.6. The summed E-state index contributed by atoms with van der Waals surface area (Å²) in [5.74, 6) is -1.31. The van der Waals surface area contributed by atoms with E-state index >= 15 is 0 Å². The minimum atomic E-state index is -1.18. The van der Waals surface area contributed by atoms with Crippen molar-refractivity contribution in [2.45, 2.75) is 43.7 Å². The zero-order chi connectivity index (χ0) is 17.0. The van der Waals surface area contributed by atoms with Gasteiger partial charge in [-0.2, -0.15) is 0 Å². The molecule has 0 unspecified atom stereocenters. The highest BCUT2D eigenvalue weighted by Gasteiger charge is 2.36. The molecule has 1 saturated heterocycles. The fourth-order valence-electron chi connectivity index (χ4n) is 3.62. The third-order valence-corrected chi connectivity index (χ3v) is 4.83. The lowest BCUT2D eigenvalue weighted by molar-refractivity contribution is -0.0682. The predicted molar refractivity (Wildman–Crippen MR) is 86.1 cm³/mol. The number of halogens is 2. The Bertz CT molecular complexity index is 531. The van der Waals surface area contributed by atoms with Crippen LogP contribution in [0.3, 0.4) is 0 Å². The molecule has 6 heteroatoms. The predicted octanol–water partition coefficient (Wildman–Crippen LogP) is 2.74. The molecule has 1 aromatic carbocycles. The number of β-amino-alcohol motifs (C(OH)–C–C–N with tert-alkyl or cyclic N) is 1. The van der Waals surface area contributed by atoms with Crippen molar-refractivity contribution < 1.29 is 23.4 Å². The van der Waals surface area contributed by atoms with Crippen molar-refractivity contribution in [2.75, 3.05) is 32.9 Å². The zero-order valence-corrected chi connectivity index (χ0v) is 13.8. The Kier molecular flexibility index (Phi) is 5.69. The number of hydrogen-bond acceptors (Lipinski definition) is 4. The first-order valence-electron chi connectivity index (χ1n) is 8.67. The first-order valence-corrected chi connectivity index (χ1v) is 8.67. The van der Waals surface area contributed by atoms with Gasteiger partial charge < -0.3 is 14.6 Å². The Morgan fingerprint density at radius 2 is 1.88 bits per heavy atom. The Hall–Kier alpha value is -1.24. The zero-order valence-electron chi connectivity index (χ0n) is 13.8. The second-order valence-corrected chi connectivity index (χ2v) is 6.93. The van der Waals surface area contributed by atoms with Gasteiger partial charge in [-0.15, -0.1) is 0 Å². The maximum atomic E-state index is 13.2. The topological polar surface area (TPSA) is 41.9 Å². The second-order valence-electron chi connectivity index (χ2n) is 6.93. The Morgan fingerprint density at radius 3 is 2.58 bits per heavy atom. The summed E-state index contributed by atoms with van der Waals surface area (Å²) in [5.41, 5.74) is -1.18. The van der Waals surface area contributed by atoms with Gasteiger partial charge in [-0.1, -0.05) is 19.3 Å². The molecule has 2 fully saturated rings. The van der Waals surface area contributed by atoms with Crippen LogP contribution < -0.4 is 4.74 Å². The van der Waals surface area contributed by atoms with Crippen molar-refractivity contribution in [3.05, 3.63) is 29.8 Å². The molecular formula is C18H25F2NO3. The lowest BCUT2D eigenvalue weighted by Crippen LogP contribution is -2.51. The molecule has 3 rings (SSSR count). The molecule has 24 heavy (non-hydrogen) atoms. The van der Waals surface area contributed by atoms with Crippen molar-refractivity contribution in [3.8, 4) is 5.75 Å². The molecule has 134 valence electrons. The molecule has 2 aliphatic rings. The van der Waals surface area contributed by atoms with Crippen LogP contribution in [0.4, 0.5) is 8.78 Å². The third kappa shape index (κ3) is 4.65. The van der Waals surface area contributed by atoms with Crippen LogP contribution in [0, 0.1) is 11.6 Å². The molecule has 1 heterocycles. The summed E-state index contributed by atoms with van der Waals surface area (Å²) in [7, 11) is 0. The minimum Gasteiger partial charge on any atom is -0.490 e. The minimum absolute atomic E-state index is 0.0564. The summed E-state index contributed by atoms with van der Waals surface area (Å²) in [6, 6.07) is 3.49. The Morgan fingerprint density at radius 1 is 1.17 bits per heavy atom. The van der Waals surface area contributed by atoms with Crippen molar-refractivity contribution in [3.63, 3.8) is 0 Å². The van der Waals surface area contributed by atoms with E-state index in [0.29, 0.717) is 19.2 Å². The summed E-state index contributed by atoms with van der Waals surface area (Å²) in [6.45, 7) is 1.93. The molecule has 0 bridgehead atoms. The van der Waals surface area contributed by atoms with Gasteiger partial charge in [-0.3, -0.25) is 4.90 Å². The van der Waals surface area contributed by atoms with Gasteiger partial charge in [-0.05, 0) is 12.8 Å². The molecule has 1 N–H and O–H groups in total. The molecule has 1 saturated carbocycles. The van der Waals surface area contributed by atoms with Gasteiger partial charge in [0.25, 0.3) is 0 Å². The van der Waals surface area contributed by atoms with Gasteiger partial charge in [0.1, 0.15) is 29.6 Å². The quantitative estimate of drug-likeness (QED) is 0.914. The number of nitrogens with zero attached hydrogens (tertiary/aromatic N) is 1. The average molecular weight is 341 g/mol. The molecule has 1 aliphatic carbocycles. The smallest absolute Gasteiger partial charge is 0.134 e. The van der Waals surface area contributed by atoms with Crippen LogP contribution >= 0.6 is 0 Å². The van der Waals surface area contributed by atoms with Crippen LogP contribution in [0.15, 0.2) is 18.2 Å². The molecule has 1 aromatic rings. The second kappa shape index (κ2) is 7.76. The SMILES string of the molecule is O[C@]1(COc2cc(F)cc(F)c2)COCCN(C2CCCCC2)C1. The van der Waals surface area contributed by atoms with Gasteiger partial charge in [-0.25, -0.2) is 8.78 Å². The Balaban J connectivity index is 1.63. The molecule has 4 nitrogen and oxygen atoms in total. The molecule has 0 radical (unpaired) electrons. The molecular weight excluding hydrogens is 316 g/mol. The van der Waals surface area contributed by atoms with Crippen molar-refractivity contribution in [1.82, 2.24) is 4.90 Å². The molecule has 0 spiro atoms. The van der Waals surface area contributed by atoms with Crippen LogP contribution in [0.2, 0.25) is 0 Å². The fraction of sp³-hybridized carbons (Fsp3) is 0.667. The number of aliphatic hydroxyl groups is 1. The van der Waals surface area contributed by atoms with Gasteiger partial charge in [0.05, 0.1) is 13.2 Å². The Labute approximate surface area is 141 Å². The maximum Gasteiger partial charge on any atom is 0.134 e. The summed E-state index contributed by atoms with van der Waals surface area (Å²) < 4.78 is 37.5. The maximum absolute atomic E-state index is 13.2. The van der Waals surface area contributed by atoms with Gasteiger partial charge in [0, 0.05) is 37.3 Å². The number of ether oxygens (including phenoxy) is 2. The molecule has 1 atom stereocenters. The van der Waals surface area contributed by atoms with Crippen molar-refractivity contribution in [1.29, 1.82) is 0 Å². The van der Waals surface area contributed by atoms with Crippen molar-refractivity contribution in [2.24, 2.45) is 0 Å². The van der Waals surface area contributed by atoms with Crippen molar-refractivity contribution >= 4 is 0 Å². The largest absolute Gasteiger partial charge is 0.490 e. The van der Waals surface area contributed by atoms with E-state index in [1.807, 2.05) is 0 Å². The highest BCUT2D eigenvalue weighted by molar-refractivity contribution is 5.24. The van der Waals surface area contributed by atoms with Crippen LogP contribution in [0.25, 0.3) is 0 Å². The highest BCUT2D eigenvalue weighted by atomic mass is 19.1. The van der Waals surface area contributed by atoms with Crippen LogP contribution in [0.5, 0.6) is 5.75 Å². The van der Waals surface area contributed by atoms with E-state index < -0.39 is 17.2 Å². The lowest BCUT2D eigenvalue weighted by Gasteiger charge is -2.37. The summed E-state index contributed by atoms with van der Waals surface area (Å²) in [4.78, 5) is 2.28. The van der Waals surface area contributed by atoms with Crippen LogP contribution in [-0.4, -0.2) is 54.6 Å². The van der Waals surface area contributed by atoms with E-state index in [1.165, 1.54) is 19.3 Å². The summed E-state index contributed by atoms with van der Waals surface area (Å²) in [6.07, 6.45) is 6.01. The number of benzene rings is 1. The van der Waals surface area contributed by atoms with E-state index in [4.69, 9.17) is 9.47 Å². The normalized spacial score (nSPS) is 27.0. The van der Waals surface area contributed by atoms with Crippen LogP contribution in [-0.2, 0) is 4.74 Å². The van der Waals surface area contributed by atoms with Gasteiger partial charge in [0.15, 0.2) is 0 Å². The van der Waals surface area contributed by atoms with E-state index in [-0.39, 0.29) is 19.0 Å².